The molecule has 2 aliphatic heterocycles. The zero-order valence-corrected chi connectivity index (χ0v) is 32.8. The minimum atomic E-state index is -1.55. The summed E-state index contributed by atoms with van der Waals surface area (Å²) in [5.41, 5.74) is 1.72. The van der Waals surface area contributed by atoms with Crippen LogP contribution in [0.5, 0.6) is 0 Å². The lowest BCUT2D eigenvalue weighted by atomic mass is 9.95. The van der Waals surface area contributed by atoms with Crippen molar-refractivity contribution < 1.29 is 58.4 Å². The molecular weight excluding hydrogens is 790 g/mol. The van der Waals surface area contributed by atoms with Gasteiger partial charge in [0.05, 0.1) is 19.0 Å². The molecule has 60 heavy (non-hydrogen) atoms. The molecule has 4 heterocycles. The van der Waals surface area contributed by atoms with Gasteiger partial charge in [0.1, 0.15) is 48.8 Å². The molecule has 10 N–H and O–H groups in total. The highest BCUT2D eigenvalue weighted by atomic mass is 16.6. The van der Waals surface area contributed by atoms with Crippen molar-refractivity contribution in [1.29, 1.82) is 0 Å². The number of H-pyrrole nitrogens is 1. The first-order valence-corrected chi connectivity index (χ1v) is 18.9. The Bertz CT molecular complexity index is 2060. The van der Waals surface area contributed by atoms with E-state index in [1.807, 2.05) is 0 Å². The molecule has 7 atom stereocenters. The third-order valence-corrected chi connectivity index (χ3v) is 9.45. The second-order valence-corrected chi connectivity index (χ2v) is 14.2. The fraction of sp³-hybridized carbons (Fsp3) is 0.459. The molecule has 3 aromatic rings. The number of ether oxygens (including phenoxy) is 2. The number of carbonyl (C=O) groups excluding carboxylic acids is 7. The van der Waals surface area contributed by atoms with Gasteiger partial charge in [0.25, 0.3) is 11.8 Å². The highest BCUT2D eigenvalue weighted by Gasteiger charge is 2.45. The van der Waals surface area contributed by atoms with Crippen LogP contribution in [-0.2, 0) is 44.8 Å². The molecule has 23 heteroatoms. The highest BCUT2D eigenvalue weighted by Crippen LogP contribution is 2.24. The predicted molar refractivity (Wildman–Crippen MR) is 208 cm³/mol. The van der Waals surface area contributed by atoms with Gasteiger partial charge in [-0.1, -0.05) is 26.0 Å². The van der Waals surface area contributed by atoms with Crippen molar-refractivity contribution >= 4 is 64.2 Å². The zero-order chi connectivity index (χ0) is 43.5. The van der Waals surface area contributed by atoms with Gasteiger partial charge < -0.3 is 61.7 Å². The average Bonchev–Trinajstić information content (AvgIpc) is 3.84. The highest BCUT2D eigenvalue weighted by molar-refractivity contribution is 6.13. The Morgan fingerprint density at radius 3 is 2.32 bits per heavy atom. The molecule has 322 valence electrons. The molecule has 1 saturated heterocycles. The summed E-state index contributed by atoms with van der Waals surface area (Å²) in [6.07, 6.45) is -1.83. The molecule has 0 bridgehead atoms. The zero-order valence-electron chi connectivity index (χ0n) is 32.8. The smallest absolute Gasteiger partial charge is 0.407 e. The number of aliphatic hydroxyl groups excluding tert-OH is 3. The third kappa shape index (κ3) is 11.6. The molecule has 2 aromatic heterocycles. The summed E-state index contributed by atoms with van der Waals surface area (Å²) < 4.78 is 10.9. The van der Waals surface area contributed by atoms with Crippen molar-refractivity contribution in [3.8, 4) is 0 Å². The second-order valence-electron chi connectivity index (χ2n) is 14.2. The SMILES string of the molecule is CC(C)[C@H](NC(=O)CCN1C(=O)C=CC1=O)C(=O)N[C@@H](C)C(=O)Nc1ccc(COC(=O)NCCC(=O)N[C@@H]2[C@@H](O)[C@H](O)[C@@H](Nc3ncnc4nc[nH]c34)O[C@H]2CO)cc1. The summed E-state index contributed by atoms with van der Waals surface area (Å²) in [6, 6.07) is 3.12. The van der Waals surface area contributed by atoms with Gasteiger partial charge in [-0.2, -0.15) is 0 Å². The van der Waals surface area contributed by atoms with E-state index >= 15 is 0 Å². The van der Waals surface area contributed by atoms with Crippen LogP contribution in [0.3, 0.4) is 0 Å². The first-order chi connectivity index (χ1) is 28.6. The van der Waals surface area contributed by atoms with Crippen LogP contribution in [-0.4, -0.2) is 144 Å². The number of anilines is 2. The lowest BCUT2D eigenvalue weighted by molar-refractivity contribution is -0.185. The van der Waals surface area contributed by atoms with E-state index in [9.17, 15) is 48.9 Å². The Morgan fingerprint density at radius 1 is 0.917 bits per heavy atom. The standard InChI is InChI=1S/C37H47N11O12/c1-18(2)27(45-24(51)11-13-48-25(52)8-9-26(48)53)35(57)43-19(3)34(56)44-21-6-4-20(5-7-21)15-59-37(58)38-12-10-23(50)46-28-22(14-49)60-36(31(55)30(28)54)47-33-29-32(40-16-39-29)41-17-42-33/h4-9,16-19,22,27-28,30-31,36,49,54-55H,10-15H2,1-3H3,(H,38,58)(H,43,57)(H,44,56)(H,45,51)(H,46,50)(H2,39,40,41,42,47)/t19-,22-,27-,28-,30+,31-,36-/m0/s1. The van der Waals surface area contributed by atoms with Gasteiger partial charge in [0.15, 0.2) is 17.7 Å². The fourth-order valence-electron chi connectivity index (χ4n) is 6.11. The van der Waals surface area contributed by atoms with Crippen molar-refractivity contribution in [3.63, 3.8) is 0 Å². The van der Waals surface area contributed by atoms with Crippen LogP contribution in [0.4, 0.5) is 16.3 Å². The van der Waals surface area contributed by atoms with Crippen molar-refractivity contribution in [1.82, 2.24) is 46.1 Å². The number of imide groups is 1. The van der Waals surface area contributed by atoms with Crippen LogP contribution in [0.1, 0.15) is 39.2 Å². The number of fused-ring (bicyclic) bond motifs is 1. The number of rotatable bonds is 18. The van der Waals surface area contributed by atoms with Gasteiger partial charge in [-0.25, -0.2) is 19.7 Å². The number of carbonyl (C=O) groups is 7. The summed E-state index contributed by atoms with van der Waals surface area (Å²) in [4.78, 5) is 103. The van der Waals surface area contributed by atoms with Crippen LogP contribution in [0.2, 0.25) is 0 Å². The molecule has 2 aliphatic rings. The average molecular weight is 838 g/mol. The van der Waals surface area contributed by atoms with E-state index in [1.165, 1.54) is 19.6 Å². The number of aromatic amines is 1. The number of amides is 7. The van der Waals surface area contributed by atoms with Gasteiger partial charge >= 0.3 is 6.09 Å². The number of alkyl carbamates (subject to hydrolysis) is 1. The second kappa shape index (κ2) is 20.4. The topological polar surface area (TPSA) is 329 Å². The Morgan fingerprint density at radius 2 is 1.63 bits per heavy atom. The van der Waals surface area contributed by atoms with Gasteiger partial charge in [-0.15, -0.1) is 0 Å². The van der Waals surface area contributed by atoms with E-state index < -0.39 is 90.8 Å². The maximum Gasteiger partial charge on any atom is 0.407 e. The largest absolute Gasteiger partial charge is 0.445 e. The molecule has 0 spiro atoms. The summed E-state index contributed by atoms with van der Waals surface area (Å²) in [5.74, 6) is -3.48. The number of nitrogens with one attached hydrogen (secondary N) is 7. The van der Waals surface area contributed by atoms with Crippen LogP contribution >= 0.6 is 0 Å². The summed E-state index contributed by atoms with van der Waals surface area (Å²) >= 11 is 0. The Labute approximate surface area is 342 Å². The molecule has 23 nitrogen and oxygen atoms in total. The van der Waals surface area contributed by atoms with E-state index in [2.05, 4.69) is 51.8 Å². The Hall–Kier alpha value is -6.56. The monoisotopic (exact) mass is 837 g/mol. The van der Waals surface area contributed by atoms with Gasteiger partial charge in [0.2, 0.25) is 23.6 Å². The predicted octanol–water partition coefficient (Wildman–Crippen LogP) is -2.10. The van der Waals surface area contributed by atoms with E-state index in [-0.39, 0.29) is 44.3 Å². The first kappa shape index (κ1) is 44.5. The van der Waals surface area contributed by atoms with Crippen molar-refractivity contribution in [2.45, 2.75) is 82.9 Å². The lowest BCUT2D eigenvalue weighted by Gasteiger charge is -2.42. The summed E-state index contributed by atoms with van der Waals surface area (Å²) in [7, 11) is 0. The van der Waals surface area contributed by atoms with Crippen LogP contribution < -0.4 is 31.9 Å². The van der Waals surface area contributed by atoms with Crippen molar-refractivity contribution in [2.75, 3.05) is 30.3 Å². The summed E-state index contributed by atoms with van der Waals surface area (Å²) in [6.45, 7) is 3.83. The molecule has 7 amide bonds. The number of hydrogen-bond acceptors (Lipinski definition) is 16. The normalized spacial score (nSPS) is 21.0. The Kier molecular flexibility index (Phi) is 15.2. The molecule has 5 rings (SSSR count). The summed E-state index contributed by atoms with van der Waals surface area (Å²) in [5, 5.41) is 47.2. The minimum absolute atomic E-state index is 0.143. The van der Waals surface area contributed by atoms with Crippen LogP contribution in [0, 0.1) is 5.92 Å². The molecule has 1 aromatic carbocycles. The van der Waals surface area contributed by atoms with Crippen LogP contribution in [0.25, 0.3) is 11.2 Å². The molecule has 0 radical (unpaired) electrons. The van der Waals surface area contributed by atoms with Crippen molar-refractivity contribution in [3.05, 3.63) is 54.6 Å². The third-order valence-electron chi connectivity index (χ3n) is 9.45. The maximum absolute atomic E-state index is 13.0. The molecule has 0 aliphatic carbocycles. The Balaban J connectivity index is 0.989. The number of aromatic nitrogens is 4. The number of aliphatic hydroxyl groups is 3. The van der Waals surface area contributed by atoms with Gasteiger partial charge in [-0.3, -0.25) is 33.7 Å². The minimum Gasteiger partial charge on any atom is -0.445 e. The van der Waals surface area contributed by atoms with E-state index in [0.29, 0.717) is 22.4 Å². The van der Waals surface area contributed by atoms with Gasteiger partial charge in [-0.05, 0) is 30.5 Å². The van der Waals surface area contributed by atoms with Crippen LogP contribution in [0.15, 0.2) is 49.1 Å². The molecular formula is C37H47N11O12. The lowest BCUT2D eigenvalue weighted by Crippen LogP contribution is -2.65. The fourth-order valence-corrected chi connectivity index (χ4v) is 6.11. The van der Waals surface area contributed by atoms with E-state index in [0.717, 1.165) is 17.1 Å². The maximum atomic E-state index is 13.0. The van der Waals surface area contributed by atoms with E-state index in [4.69, 9.17) is 9.47 Å². The van der Waals surface area contributed by atoms with Gasteiger partial charge in [0, 0.05) is 43.8 Å². The quantitative estimate of drug-likeness (QED) is 0.0614. The van der Waals surface area contributed by atoms with Crippen molar-refractivity contribution in [2.24, 2.45) is 5.92 Å². The number of imidazole rings is 1. The number of hydrogen-bond donors (Lipinski definition) is 10. The number of nitrogens with zero attached hydrogens (tertiary/aromatic N) is 4. The molecule has 0 saturated carbocycles. The number of benzene rings is 1. The molecule has 1 fully saturated rings. The first-order valence-electron chi connectivity index (χ1n) is 18.9. The molecule has 0 unspecified atom stereocenters. The van der Waals surface area contributed by atoms with E-state index in [1.54, 1.807) is 38.1 Å².